The first kappa shape index (κ1) is 25.2. The van der Waals surface area contributed by atoms with Crippen LogP contribution in [0.1, 0.15) is 36.9 Å². The van der Waals surface area contributed by atoms with E-state index in [2.05, 4.69) is 4.90 Å². The number of morpholine rings is 1. The van der Waals surface area contributed by atoms with E-state index in [-0.39, 0.29) is 11.3 Å². The van der Waals surface area contributed by atoms with Gasteiger partial charge in [0.2, 0.25) is 0 Å². The van der Waals surface area contributed by atoms with Gasteiger partial charge in [0.1, 0.15) is 11.5 Å². The van der Waals surface area contributed by atoms with Gasteiger partial charge in [-0.05, 0) is 54.8 Å². The zero-order valence-corrected chi connectivity index (χ0v) is 20.7. The number of ether oxygens (including phenoxy) is 2. The number of likely N-dealkylation sites (tertiary alicyclic amines) is 1. The van der Waals surface area contributed by atoms with Crippen LogP contribution in [0.5, 0.6) is 5.75 Å². The van der Waals surface area contributed by atoms with Gasteiger partial charge in [-0.1, -0.05) is 30.7 Å². The van der Waals surface area contributed by atoms with Crippen LogP contribution in [0.4, 0.5) is 0 Å². The van der Waals surface area contributed by atoms with Gasteiger partial charge < -0.3 is 19.5 Å². The number of benzene rings is 2. The molecule has 186 valence electrons. The number of aliphatic hydroxyl groups is 1. The summed E-state index contributed by atoms with van der Waals surface area (Å²) < 4.78 is 11.1. The Morgan fingerprint density at radius 1 is 1.06 bits per heavy atom. The number of halogens is 1. The molecular weight excluding hydrogens is 468 g/mol. The highest BCUT2D eigenvalue weighted by Gasteiger charge is 2.45. The minimum atomic E-state index is -0.685. The lowest BCUT2D eigenvalue weighted by atomic mass is 9.95. The molecule has 8 heteroatoms. The summed E-state index contributed by atoms with van der Waals surface area (Å²) in [5, 5.41) is 11.7. The van der Waals surface area contributed by atoms with E-state index in [1.807, 2.05) is 31.2 Å². The van der Waals surface area contributed by atoms with E-state index < -0.39 is 17.7 Å². The van der Waals surface area contributed by atoms with Crippen LogP contribution in [0.2, 0.25) is 5.02 Å². The van der Waals surface area contributed by atoms with Gasteiger partial charge in [-0.25, -0.2) is 0 Å². The van der Waals surface area contributed by atoms with Gasteiger partial charge >= 0.3 is 0 Å². The van der Waals surface area contributed by atoms with Crippen molar-refractivity contribution in [2.75, 3.05) is 46.0 Å². The molecule has 1 amide bonds. The first-order valence-corrected chi connectivity index (χ1v) is 12.4. The molecule has 0 aliphatic carbocycles. The van der Waals surface area contributed by atoms with Gasteiger partial charge in [0.15, 0.2) is 0 Å². The Morgan fingerprint density at radius 2 is 1.74 bits per heavy atom. The van der Waals surface area contributed by atoms with E-state index in [1.54, 1.807) is 29.2 Å². The van der Waals surface area contributed by atoms with Crippen LogP contribution in [0.25, 0.3) is 5.76 Å². The number of ketones is 1. The molecule has 2 fully saturated rings. The SMILES string of the molecule is CCCOc1ccc([C@@H]2/C(=C(\O)c3ccc(Cl)cc3)C(=O)C(=O)N2CCCN2CCOCC2)cc1. The van der Waals surface area contributed by atoms with E-state index in [1.165, 1.54) is 0 Å². The molecule has 7 nitrogen and oxygen atoms in total. The quantitative estimate of drug-likeness (QED) is 0.316. The lowest BCUT2D eigenvalue weighted by Crippen LogP contribution is -2.38. The highest BCUT2D eigenvalue weighted by molar-refractivity contribution is 6.46. The second-order valence-corrected chi connectivity index (χ2v) is 9.16. The Hall–Kier alpha value is -2.87. The number of hydrogen-bond donors (Lipinski definition) is 1. The largest absolute Gasteiger partial charge is 0.507 e. The van der Waals surface area contributed by atoms with Crippen molar-refractivity contribution in [1.82, 2.24) is 9.80 Å². The van der Waals surface area contributed by atoms with Crippen molar-refractivity contribution >= 4 is 29.1 Å². The van der Waals surface area contributed by atoms with Gasteiger partial charge in [0, 0.05) is 36.8 Å². The van der Waals surface area contributed by atoms with Gasteiger partial charge in [0.05, 0.1) is 31.4 Å². The zero-order valence-electron chi connectivity index (χ0n) is 19.9. The van der Waals surface area contributed by atoms with Crippen molar-refractivity contribution in [3.8, 4) is 5.75 Å². The van der Waals surface area contributed by atoms with Gasteiger partial charge in [-0.3, -0.25) is 14.5 Å². The summed E-state index contributed by atoms with van der Waals surface area (Å²) in [5.41, 5.74) is 1.27. The van der Waals surface area contributed by atoms with Gasteiger partial charge in [-0.15, -0.1) is 0 Å². The standard InChI is InChI=1S/C27H31ClN2O5/c1-2-16-35-22-10-6-19(7-11-22)24-23(25(31)20-4-8-21(28)9-5-20)26(32)27(33)30(24)13-3-12-29-14-17-34-18-15-29/h4-11,24,31H,2-3,12-18H2,1H3/b25-23+/t24-/m1/s1. The van der Waals surface area contributed by atoms with Crippen LogP contribution in [0, 0.1) is 0 Å². The van der Waals surface area contributed by atoms with Crippen molar-refractivity contribution in [3.05, 3.63) is 70.3 Å². The number of carbonyl (C=O) groups is 2. The number of rotatable bonds is 9. The van der Waals surface area contributed by atoms with Crippen molar-refractivity contribution in [2.45, 2.75) is 25.8 Å². The van der Waals surface area contributed by atoms with E-state index >= 15 is 0 Å². The summed E-state index contributed by atoms with van der Waals surface area (Å²) in [7, 11) is 0. The summed E-state index contributed by atoms with van der Waals surface area (Å²) in [4.78, 5) is 30.2. The molecule has 2 aliphatic heterocycles. The lowest BCUT2D eigenvalue weighted by Gasteiger charge is -2.29. The van der Waals surface area contributed by atoms with Crippen LogP contribution in [0.3, 0.4) is 0 Å². The van der Waals surface area contributed by atoms with Gasteiger partial charge in [-0.2, -0.15) is 0 Å². The van der Waals surface area contributed by atoms with E-state index in [9.17, 15) is 14.7 Å². The molecule has 2 heterocycles. The Bertz CT molecular complexity index is 1060. The summed E-state index contributed by atoms with van der Waals surface area (Å²) in [6.07, 6.45) is 1.61. The minimum absolute atomic E-state index is 0.0888. The molecule has 4 rings (SSSR count). The Kier molecular flexibility index (Phi) is 8.44. The summed E-state index contributed by atoms with van der Waals surface area (Å²) in [5.74, 6) is -0.761. The molecule has 0 radical (unpaired) electrons. The molecule has 2 aliphatic rings. The van der Waals surface area contributed by atoms with E-state index in [0.29, 0.717) is 43.4 Å². The first-order valence-electron chi connectivity index (χ1n) is 12.1. The van der Waals surface area contributed by atoms with Crippen LogP contribution in [0.15, 0.2) is 54.1 Å². The average molecular weight is 499 g/mol. The first-order chi connectivity index (χ1) is 17.0. The monoisotopic (exact) mass is 498 g/mol. The van der Waals surface area contributed by atoms with Crippen LogP contribution < -0.4 is 4.74 Å². The third-order valence-electron chi connectivity index (χ3n) is 6.30. The predicted molar refractivity (Wildman–Crippen MR) is 135 cm³/mol. The van der Waals surface area contributed by atoms with Crippen LogP contribution in [-0.4, -0.2) is 72.6 Å². The molecule has 0 aromatic heterocycles. The van der Waals surface area contributed by atoms with Crippen molar-refractivity contribution < 1.29 is 24.2 Å². The predicted octanol–water partition coefficient (Wildman–Crippen LogP) is 4.27. The summed E-state index contributed by atoms with van der Waals surface area (Å²) in [6, 6.07) is 13.3. The van der Waals surface area contributed by atoms with E-state index in [0.717, 1.165) is 37.4 Å². The van der Waals surface area contributed by atoms with Gasteiger partial charge in [0.25, 0.3) is 11.7 Å². The molecule has 0 saturated carbocycles. The topological polar surface area (TPSA) is 79.3 Å². The molecule has 0 bridgehead atoms. The maximum Gasteiger partial charge on any atom is 0.295 e. The normalized spacial score (nSPS) is 20.4. The molecule has 1 N–H and O–H groups in total. The third kappa shape index (κ3) is 5.86. The second-order valence-electron chi connectivity index (χ2n) is 8.72. The second kappa shape index (κ2) is 11.7. The Morgan fingerprint density at radius 3 is 2.40 bits per heavy atom. The fourth-order valence-corrected chi connectivity index (χ4v) is 4.60. The fraction of sp³-hybridized carbons (Fsp3) is 0.407. The highest BCUT2D eigenvalue weighted by Crippen LogP contribution is 2.40. The van der Waals surface area contributed by atoms with E-state index in [4.69, 9.17) is 21.1 Å². The zero-order chi connectivity index (χ0) is 24.8. The molecule has 0 spiro atoms. The number of Topliss-reactive ketones (excluding diaryl/α,β-unsaturated/α-hetero) is 1. The Balaban J connectivity index is 1.64. The average Bonchev–Trinajstić information content (AvgIpc) is 3.13. The molecule has 2 saturated heterocycles. The molecule has 35 heavy (non-hydrogen) atoms. The number of nitrogens with zero attached hydrogens (tertiary/aromatic N) is 2. The molecule has 0 unspecified atom stereocenters. The van der Waals surface area contributed by atoms with Crippen molar-refractivity contribution in [2.24, 2.45) is 0 Å². The lowest BCUT2D eigenvalue weighted by molar-refractivity contribution is -0.140. The Labute approximate surface area is 210 Å². The smallest absolute Gasteiger partial charge is 0.295 e. The minimum Gasteiger partial charge on any atom is -0.507 e. The maximum atomic E-state index is 13.2. The number of carbonyl (C=O) groups excluding carboxylic acids is 2. The van der Waals surface area contributed by atoms with Crippen molar-refractivity contribution in [1.29, 1.82) is 0 Å². The maximum absolute atomic E-state index is 13.2. The summed E-state index contributed by atoms with van der Waals surface area (Å²) in [6.45, 7) is 6.98. The van der Waals surface area contributed by atoms with Crippen LogP contribution in [-0.2, 0) is 14.3 Å². The molecular formula is C27H31ClN2O5. The number of amides is 1. The summed E-state index contributed by atoms with van der Waals surface area (Å²) >= 11 is 6.00. The molecule has 1 atom stereocenters. The highest BCUT2D eigenvalue weighted by atomic mass is 35.5. The fourth-order valence-electron chi connectivity index (χ4n) is 4.48. The number of hydrogen-bond acceptors (Lipinski definition) is 6. The molecule has 2 aromatic rings. The van der Waals surface area contributed by atoms with Crippen LogP contribution >= 0.6 is 11.6 Å². The molecule has 2 aromatic carbocycles. The number of aliphatic hydroxyl groups excluding tert-OH is 1. The third-order valence-corrected chi connectivity index (χ3v) is 6.56. The van der Waals surface area contributed by atoms with Crippen molar-refractivity contribution in [3.63, 3.8) is 0 Å².